The summed E-state index contributed by atoms with van der Waals surface area (Å²) < 4.78 is 10.3. The van der Waals surface area contributed by atoms with Crippen LogP contribution in [0.1, 0.15) is 19.4 Å². The van der Waals surface area contributed by atoms with Crippen LogP contribution in [-0.4, -0.2) is 41.2 Å². The van der Waals surface area contributed by atoms with Crippen molar-refractivity contribution in [3.05, 3.63) is 40.9 Å². The first-order valence-corrected chi connectivity index (χ1v) is 8.67. The average Bonchev–Trinajstić information content (AvgIpc) is 2.59. The van der Waals surface area contributed by atoms with Crippen molar-refractivity contribution in [1.29, 1.82) is 0 Å². The summed E-state index contributed by atoms with van der Waals surface area (Å²) in [4.78, 5) is 8.65. The maximum atomic E-state index is 9.93. The molecule has 0 spiro atoms. The Kier molecular flexibility index (Phi) is 6.32. The highest BCUT2D eigenvalue weighted by molar-refractivity contribution is 7.99. The van der Waals surface area contributed by atoms with Crippen LogP contribution in [0.3, 0.4) is 0 Å². The minimum absolute atomic E-state index is 0.0347. The fraction of sp³-hybridized carbons (Fsp3) is 0.412. The quantitative estimate of drug-likeness (QED) is 0.595. The molecule has 0 fully saturated rings. The Hall–Kier alpha value is -1.50. The zero-order valence-electron chi connectivity index (χ0n) is 14.1. The zero-order chi connectivity index (χ0) is 17.7. The van der Waals surface area contributed by atoms with Gasteiger partial charge in [0.1, 0.15) is 0 Å². The molecule has 1 aromatic carbocycles. The van der Waals surface area contributed by atoms with E-state index in [1.807, 2.05) is 24.3 Å². The fourth-order valence-electron chi connectivity index (χ4n) is 2.26. The topological polar surface area (TPSA) is 64.5 Å². The molecule has 0 bridgehead atoms. The van der Waals surface area contributed by atoms with Crippen LogP contribution in [0.2, 0.25) is 5.02 Å². The number of thioether (sulfide) groups is 1. The molecular formula is C17H21ClN2O3S. The van der Waals surface area contributed by atoms with Gasteiger partial charge in [0.2, 0.25) is 11.8 Å². The smallest absolute Gasteiger partial charge is 0.220 e. The largest absolute Gasteiger partial charge is 0.481 e. The minimum Gasteiger partial charge on any atom is -0.481 e. The molecule has 7 heteroatoms. The van der Waals surface area contributed by atoms with E-state index in [4.69, 9.17) is 21.1 Å². The number of methoxy groups -OCH3 is 2. The Bertz CT molecular complexity index is 675. The van der Waals surface area contributed by atoms with Crippen LogP contribution in [0.4, 0.5) is 0 Å². The molecule has 2 rings (SSSR count). The van der Waals surface area contributed by atoms with E-state index >= 15 is 0 Å². The molecule has 5 nitrogen and oxygen atoms in total. The van der Waals surface area contributed by atoms with Crippen LogP contribution in [0.25, 0.3) is 0 Å². The predicted molar refractivity (Wildman–Crippen MR) is 96.3 cm³/mol. The van der Waals surface area contributed by atoms with E-state index in [2.05, 4.69) is 23.8 Å². The van der Waals surface area contributed by atoms with Gasteiger partial charge in [0.15, 0.2) is 5.16 Å². The van der Waals surface area contributed by atoms with Gasteiger partial charge in [-0.3, -0.25) is 0 Å². The van der Waals surface area contributed by atoms with Gasteiger partial charge in [-0.15, -0.1) is 0 Å². The summed E-state index contributed by atoms with van der Waals surface area (Å²) in [6, 6.07) is 9.27. The third-order valence-electron chi connectivity index (χ3n) is 3.86. The average molecular weight is 369 g/mol. The van der Waals surface area contributed by atoms with Gasteiger partial charge in [-0.2, -0.15) is 9.97 Å². The Morgan fingerprint density at radius 2 is 1.79 bits per heavy atom. The van der Waals surface area contributed by atoms with Crippen LogP contribution in [0.15, 0.2) is 35.5 Å². The molecule has 0 saturated heterocycles. The van der Waals surface area contributed by atoms with Gasteiger partial charge in [0, 0.05) is 15.7 Å². The van der Waals surface area contributed by atoms with Crippen LogP contribution in [0.5, 0.6) is 11.8 Å². The van der Waals surface area contributed by atoms with Crippen molar-refractivity contribution in [1.82, 2.24) is 9.97 Å². The maximum absolute atomic E-state index is 9.93. The summed E-state index contributed by atoms with van der Waals surface area (Å²) in [6.45, 7) is 4.08. The van der Waals surface area contributed by atoms with E-state index in [0.717, 1.165) is 5.56 Å². The lowest BCUT2D eigenvalue weighted by Crippen LogP contribution is -2.34. The van der Waals surface area contributed by atoms with Gasteiger partial charge < -0.3 is 14.6 Å². The van der Waals surface area contributed by atoms with Gasteiger partial charge >= 0.3 is 0 Å². The van der Waals surface area contributed by atoms with Crippen molar-refractivity contribution in [3.63, 3.8) is 0 Å². The number of rotatable bonds is 7. The number of nitrogens with zero attached hydrogens (tertiary/aromatic N) is 2. The standard InChI is InChI=1S/C17H21ClN2O3S/c1-17(2,11-6-5-7-12(18)8-11)13(10-21)24-16-19-14(22-3)9-15(20-16)23-4/h5-9,13,21H,10H2,1-4H3. The Morgan fingerprint density at radius 1 is 1.17 bits per heavy atom. The molecule has 2 aromatic rings. The first-order chi connectivity index (χ1) is 11.4. The zero-order valence-corrected chi connectivity index (χ0v) is 15.7. The Labute approximate surface area is 151 Å². The summed E-state index contributed by atoms with van der Waals surface area (Å²) >= 11 is 7.49. The van der Waals surface area contributed by atoms with Crippen molar-refractivity contribution >= 4 is 23.4 Å². The number of aromatic nitrogens is 2. The third kappa shape index (κ3) is 4.32. The monoisotopic (exact) mass is 368 g/mol. The number of aliphatic hydroxyl groups excluding tert-OH is 1. The van der Waals surface area contributed by atoms with E-state index in [1.54, 1.807) is 6.07 Å². The molecule has 1 heterocycles. The Morgan fingerprint density at radius 3 is 2.29 bits per heavy atom. The van der Waals surface area contributed by atoms with Gasteiger partial charge in [0.05, 0.1) is 26.9 Å². The Balaban J connectivity index is 2.31. The summed E-state index contributed by atoms with van der Waals surface area (Å²) in [7, 11) is 3.07. The molecule has 0 saturated carbocycles. The highest BCUT2D eigenvalue weighted by Gasteiger charge is 2.33. The second-order valence-corrected chi connectivity index (χ2v) is 7.36. The molecule has 1 atom stereocenters. The summed E-state index contributed by atoms with van der Waals surface area (Å²) in [5, 5.41) is 10.9. The molecule has 0 amide bonds. The van der Waals surface area contributed by atoms with E-state index in [1.165, 1.54) is 26.0 Å². The first-order valence-electron chi connectivity index (χ1n) is 7.41. The van der Waals surface area contributed by atoms with Crippen LogP contribution in [0, 0.1) is 0 Å². The summed E-state index contributed by atoms with van der Waals surface area (Å²) in [5.74, 6) is 0.836. The number of benzene rings is 1. The van der Waals surface area contributed by atoms with E-state index in [-0.39, 0.29) is 17.3 Å². The molecule has 1 unspecified atom stereocenters. The highest BCUT2D eigenvalue weighted by atomic mass is 35.5. The number of hydrogen-bond acceptors (Lipinski definition) is 6. The molecule has 1 N–H and O–H groups in total. The number of hydrogen-bond donors (Lipinski definition) is 1. The van der Waals surface area contributed by atoms with Crippen molar-refractivity contribution in [3.8, 4) is 11.8 Å². The van der Waals surface area contributed by atoms with E-state index in [9.17, 15) is 5.11 Å². The number of halogens is 1. The van der Waals surface area contributed by atoms with Crippen molar-refractivity contribution in [2.24, 2.45) is 0 Å². The maximum Gasteiger partial charge on any atom is 0.220 e. The molecule has 0 aliphatic rings. The van der Waals surface area contributed by atoms with Gasteiger partial charge in [0.25, 0.3) is 0 Å². The van der Waals surface area contributed by atoms with Crippen molar-refractivity contribution < 1.29 is 14.6 Å². The number of aliphatic hydroxyl groups is 1. The van der Waals surface area contributed by atoms with Crippen molar-refractivity contribution in [2.45, 2.75) is 29.7 Å². The van der Waals surface area contributed by atoms with E-state index < -0.39 is 0 Å². The van der Waals surface area contributed by atoms with Crippen LogP contribution < -0.4 is 9.47 Å². The van der Waals surface area contributed by atoms with Gasteiger partial charge in [-0.05, 0) is 17.7 Å². The molecule has 0 aliphatic heterocycles. The third-order valence-corrected chi connectivity index (χ3v) is 5.52. The van der Waals surface area contributed by atoms with Gasteiger partial charge in [-0.25, -0.2) is 0 Å². The van der Waals surface area contributed by atoms with Crippen LogP contribution >= 0.6 is 23.4 Å². The van der Waals surface area contributed by atoms with Crippen LogP contribution in [-0.2, 0) is 5.41 Å². The van der Waals surface area contributed by atoms with Crippen molar-refractivity contribution in [2.75, 3.05) is 20.8 Å². The van der Waals surface area contributed by atoms with E-state index in [0.29, 0.717) is 21.9 Å². The normalized spacial score (nSPS) is 12.8. The lowest BCUT2D eigenvalue weighted by atomic mass is 9.81. The molecule has 0 aliphatic carbocycles. The number of ether oxygens (including phenoxy) is 2. The fourth-order valence-corrected chi connectivity index (χ4v) is 3.50. The molecule has 24 heavy (non-hydrogen) atoms. The van der Waals surface area contributed by atoms with Gasteiger partial charge in [-0.1, -0.05) is 49.3 Å². The molecule has 130 valence electrons. The summed E-state index contributed by atoms with van der Waals surface area (Å²) in [5.41, 5.74) is 0.695. The molecule has 0 radical (unpaired) electrons. The lowest BCUT2D eigenvalue weighted by molar-refractivity contribution is 0.260. The summed E-state index contributed by atoms with van der Waals surface area (Å²) in [6.07, 6.45) is 0. The minimum atomic E-state index is -0.343. The lowest BCUT2D eigenvalue weighted by Gasteiger charge is -2.33. The second-order valence-electron chi connectivity index (χ2n) is 5.76. The second kappa shape index (κ2) is 8.05. The highest BCUT2D eigenvalue weighted by Crippen LogP contribution is 2.38. The first kappa shape index (κ1) is 18.8. The predicted octanol–water partition coefficient (Wildman–Crippen LogP) is 3.58. The molecular weight excluding hydrogens is 348 g/mol. The SMILES string of the molecule is COc1cc(OC)nc(SC(CO)C(C)(C)c2cccc(Cl)c2)n1. The molecule has 1 aromatic heterocycles.